The molecule has 2 unspecified atom stereocenters. The molecule has 1 aromatic carbocycles. The van der Waals surface area contributed by atoms with Crippen LogP contribution in [0.5, 0.6) is 0 Å². The van der Waals surface area contributed by atoms with Gasteiger partial charge in [0.2, 0.25) is 0 Å². The Kier molecular flexibility index (Phi) is 4.62. The first-order valence-electron chi connectivity index (χ1n) is 6.76. The molecule has 1 aliphatic heterocycles. The lowest BCUT2D eigenvalue weighted by Gasteiger charge is -2.24. The average Bonchev–Trinajstić information content (AvgIpc) is 2.84. The van der Waals surface area contributed by atoms with E-state index in [1.165, 1.54) is 6.07 Å². The number of aliphatic hydroxyl groups is 1. The number of halogens is 1. The molecule has 5 heteroatoms. The van der Waals surface area contributed by atoms with Crippen LogP contribution in [0.1, 0.15) is 24.2 Å². The van der Waals surface area contributed by atoms with E-state index in [1.807, 2.05) is 0 Å². The second kappa shape index (κ2) is 6.08. The van der Waals surface area contributed by atoms with Crippen LogP contribution in [-0.2, 0) is 9.47 Å². The van der Waals surface area contributed by atoms with Crippen LogP contribution in [-0.4, -0.2) is 44.6 Å². The lowest BCUT2D eigenvalue weighted by Crippen LogP contribution is -2.27. The molecule has 0 saturated carbocycles. The standard InChI is InChI=1S/C15H22FNO3/c1-9-5-13(11(10(2)18)6-12(9)16)17-7-14(19-3)15(8-17)20-4/h5-6,10,14-15,18H,7-8H2,1-4H3/t10-,14?,15?/m0/s1. The third-order valence-electron chi connectivity index (χ3n) is 3.92. The number of anilines is 1. The van der Waals surface area contributed by atoms with Gasteiger partial charge in [-0.2, -0.15) is 0 Å². The topological polar surface area (TPSA) is 41.9 Å². The molecule has 1 aromatic rings. The first kappa shape index (κ1) is 15.2. The number of rotatable bonds is 4. The van der Waals surface area contributed by atoms with Crippen molar-refractivity contribution in [1.29, 1.82) is 0 Å². The highest BCUT2D eigenvalue weighted by atomic mass is 19.1. The average molecular weight is 283 g/mol. The largest absolute Gasteiger partial charge is 0.389 e. The molecule has 2 rings (SSSR count). The zero-order valence-electron chi connectivity index (χ0n) is 12.4. The first-order chi connectivity index (χ1) is 9.47. The molecule has 0 aliphatic carbocycles. The Hall–Kier alpha value is -1.17. The van der Waals surface area contributed by atoms with Gasteiger partial charge in [-0.05, 0) is 31.5 Å². The van der Waals surface area contributed by atoms with E-state index in [0.29, 0.717) is 24.2 Å². The summed E-state index contributed by atoms with van der Waals surface area (Å²) >= 11 is 0. The minimum atomic E-state index is -0.720. The molecule has 0 amide bonds. The Morgan fingerprint density at radius 3 is 2.25 bits per heavy atom. The van der Waals surface area contributed by atoms with Crippen molar-refractivity contribution in [2.45, 2.75) is 32.2 Å². The number of ether oxygens (including phenoxy) is 2. The van der Waals surface area contributed by atoms with Gasteiger partial charge in [0.1, 0.15) is 18.0 Å². The van der Waals surface area contributed by atoms with Crippen LogP contribution in [0.2, 0.25) is 0 Å². The number of aliphatic hydroxyl groups excluding tert-OH is 1. The van der Waals surface area contributed by atoms with Crippen LogP contribution >= 0.6 is 0 Å². The predicted octanol–water partition coefficient (Wildman–Crippen LogP) is 2.04. The van der Waals surface area contributed by atoms with Crippen molar-refractivity contribution in [3.8, 4) is 0 Å². The Balaban J connectivity index is 2.35. The Morgan fingerprint density at radius 1 is 1.25 bits per heavy atom. The molecule has 20 heavy (non-hydrogen) atoms. The summed E-state index contributed by atoms with van der Waals surface area (Å²) in [4.78, 5) is 2.08. The molecule has 112 valence electrons. The number of aryl methyl sites for hydroxylation is 1. The zero-order valence-corrected chi connectivity index (χ0v) is 12.4. The number of hydrogen-bond donors (Lipinski definition) is 1. The van der Waals surface area contributed by atoms with Gasteiger partial charge in [0.25, 0.3) is 0 Å². The fourth-order valence-corrected chi connectivity index (χ4v) is 2.68. The van der Waals surface area contributed by atoms with Gasteiger partial charge < -0.3 is 19.5 Å². The van der Waals surface area contributed by atoms with E-state index < -0.39 is 6.10 Å². The summed E-state index contributed by atoms with van der Waals surface area (Å²) in [7, 11) is 3.32. The molecular weight excluding hydrogens is 261 g/mol. The van der Waals surface area contributed by atoms with Gasteiger partial charge in [-0.25, -0.2) is 4.39 Å². The molecule has 0 spiro atoms. The van der Waals surface area contributed by atoms with E-state index in [2.05, 4.69) is 4.90 Å². The van der Waals surface area contributed by atoms with Crippen molar-refractivity contribution < 1.29 is 19.0 Å². The summed E-state index contributed by atoms with van der Waals surface area (Å²) in [5, 5.41) is 9.87. The number of hydrogen-bond acceptors (Lipinski definition) is 4. The van der Waals surface area contributed by atoms with Crippen molar-refractivity contribution in [3.63, 3.8) is 0 Å². The Morgan fingerprint density at radius 2 is 1.80 bits per heavy atom. The lowest BCUT2D eigenvalue weighted by molar-refractivity contribution is -0.00461. The maximum absolute atomic E-state index is 13.7. The number of nitrogens with zero attached hydrogens (tertiary/aromatic N) is 1. The van der Waals surface area contributed by atoms with Crippen molar-refractivity contribution >= 4 is 5.69 Å². The van der Waals surface area contributed by atoms with Crippen LogP contribution in [0.4, 0.5) is 10.1 Å². The minimum Gasteiger partial charge on any atom is -0.389 e. The van der Waals surface area contributed by atoms with Gasteiger partial charge >= 0.3 is 0 Å². The first-order valence-corrected chi connectivity index (χ1v) is 6.76. The highest BCUT2D eigenvalue weighted by Crippen LogP contribution is 2.32. The smallest absolute Gasteiger partial charge is 0.126 e. The molecule has 0 aromatic heterocycles. The summed E-state index contributed by atoms with van der Waals surface area (Å²) in [6, 6.07) is 3.19. The third kappa shape index (κ3) is 2.80. The van der Waals surface area contributed by atoms with Crippen LogP contribution in [0, 0.1) is 12.7 Å². The molecular formula is C15H22FNO3. The predicted molar refractivity (Wildman–Crippen MR) is 75.6 cm³/mol. The summed E-state index contributed by atoms with van der Waals surface area (Å²) in [6.45, 7) is 4.70. The van der Waals surface area contributed by atoms with E-state index in [1.54, 1.807) is 34.1 Å². The van der Waals surface area contributed by atoms with Gasteiger partial charge in [-0.3, -0.25) is 0 Å². The summed E-state index contributed by atoms with van der Waals surface area (Å²) < 4.78 is 24.5. The molecule has 1 N–H and O–H groups in total. The van der Waals surface area contributed by atoms with E-state index in [4.69, 9.17) is 9.47 Å². The molecule has 1 fully saturated rings. The normalized spacial score (nSPS) is 24.2. The van der Waals surface area contributed by atoms with Crippen molar-refractivity contribution in [1.82, 2.24) is 0 Å². The van der Waals surface area contributed by atoms with Gasteiger partial charge in [0.05, 0.1) is 6.10 Å². The van der Waals surface area contributed by atoms with Crippen LogP contribution in [0.3, 0.4) is 0 Å². The summed E-state index contributed by atoms with van der Waals surface area (Å²) in [6.07, 6.45) is -0.762. The highest BCUT2D eigenvalue weighted by Gasteiger charge is 2.34. The van der Waals surface area contributed by atoms with E-state index in [9.17, 15) is 9.50 Å². The molecule has 1 heterocycles. The number of benzene rings is 1. The molecule has 1 aliphatic rings. The zero-order chi connectivity index (χ0) is 14.9. The summed E-state index contributed by atoms with van der Waals surface area (Å²) in [5.41, 5.74) is 2.01. The molecule has 1 saturated heterocycles. The summed E-state index contributed by atoms with van der Waals surface area (Å²) in [5.74, 6) is -0.296. The van der Waals surface area contributed by atoms with Crippen LogP contribution in [0.25, 0.3) is 0 Å². The third-order valence-corrected chi connectivity index (χ3v) is 3.92. The molecule has 0 radical (unpaired) electrons. The van der Waals surface area contributed by atoms with Crippen molar-refractivity contribution in [2.75, 3.05) is 32.2 Å². The fraction of sp³-hybridized carbons (Fsp3) is 0.600. The van der Waals surface area contributed by atoms with Crippen LogP contribution < -0.4 is 4.90 Å². The molecule has 4 nitrogen and oxygen atoms in total. The Labute approximate surface area is 119 Å². The van der Waals surface area contributed by atoms with Crippen LogP contribution in [0.15, 0.2) is 12.1 Å². The van der Waals surface area contributed by atoms with E-state index in [0.717, 1.165) is 5.69 Å². The van der Waals surface area contributed by atoms with E-state index in [-0.39, 0.29) is 18.0 Å². The van der Waals surface area contributed by atoms with Gasteiger partial charge in [0.15, 0.2) is 0 Å². The SMILES string of the molecule is COC1CN(c2cc(C)c(F)cc2[C@H](C)O)CC1OC. The van der Waals surface area contributed by atoms with Crippen molar-refractivity contribution in [3.05, 3.63) is 29.1 Å². The minimum absolute atomic E-state index is 0.0211. The van der Waals surface area contributed by atoms with Gasteiger partial charge in [0, 0.05) is 38.6 Å². The quantitative estimate of drug-likeness (QED) is 0.918. The second-order valence-electron chi connectivity index (χ2n) is 5.29. The van der Waals surface area contributed by atoms with E-state index >= 15 is 0 Å². The van der Waals surface area contributed by atoms with Crippen molar-refractivity contribution in [2.24, 2.45) is 0 Å². The maximum atomic E-state index is 13.7. The number of methoxy groups -OCH3 is 2. The lowest BCUT2D eigenvalue weighted by atomic mass is 10.0. The highest BCUT2D eigenvalue weighted by molar-refractivity contribution is 5.58. The van der Waals surface area contributed by atoms with Gasteiger partial charge in [-0.1, -0.05) is 0 Å². The maximum Gasteiger partial charge on any atom is 0.126 e. The Bertz CT molecular complexity index is 466. The molecule has 3 atom stereocenters. The second-order valence-corrected chi connectivity index (χ2v) is 5.29. The monoisotopic (exact) mass is 283 g/mol. The molecule has 0 bridgehead atoms. The van der Waals surface area contributed by atoms with Gasteiger partial charge in [-0.15, -0.1) is 0 Å². The fourth-order valence-electron chi connectivity index (χ4n) is 2.68.